The maximum atomic E-state index is 14.9. The lowest BCUT2D eigenvalue weighted by Crippen LogP contribution is -2.55. The molecule has 2 heterocycles. The number of likely N-dealkylation sites (N-methyl/N-ethyl adjacent to an activating group) is 2. The first-order chi connectivity index (χ1) is 44.5. The monoisotopic (exact) mass is 1310 g/mol. The molecule has 4 rings (SSSR count). The molecular formula is C69H106N10O15. The summed E-state index contributed by atoms with van der Waals surface area (Å²) in [5.41, 5.74) is 6.80. The van der Waals surface area contributed by atoms with Crippen molar-refractivity contribution in [3.63, 3.8) is 0 Å². The van der Waals surface area contributed by atoms with Gasteiger partial charge in [0.2, 0.25) is 35.4 Å². The molecule has 94 heavy (non-hydrogen) atoms. The molecule has 0 aromatic heterocycles. The van der Waals surface area contributed by atoms with Crippen molar-refractivity contribution in [2.45, 2.75) is 201 Å². The number of carbonyl (C=O) groups is 11. The van der Waals surface area contributed by atoms with Crippen molar-refractivity contribution < 1.29 is 72.1 Å². The molecule has 2 aliphatic heterocycles. The van der Waals surface area contributed by atoms with Gasteiger partial charge in [0.1, 0.15) is 18.7 Å². The SMILES string of the molecule is CC[C@H](C)[C@@H]([C@@H](CC(=O)N1CCC[C@H]1[C@H](OC)[C@@H](C)C(=O)N[C@H](C)[C@@H](O)c1ccccc1)OC)N(C)C(=O)[C@@H](CC(=O)[C@H](C(C)C)N(C)C(=O)OCc1ccc(NC(=O)[C@H](CCCNC(N)=O)NC(=O)[C@@H](NC(=O)CCCCCN2C(=O)C=CC2=O)C(C)C)cc1)C(C)C. The number of amides is 11. The highest BCUT2D eigenvalue weighted by Gasteiger charge is 2.44. The van der Waals surface area contributed by atoms with Gasteiger partial charge in [-0.1, -0.05) is 118 Å². The number of ketones is 1. The molecule has 0 bridgehead atoms. The number of likely N-dealkylation sites (tertiary alicyclic amines) is 1. The largest absolute Gasteiger partial charge is 0.445 e. The molecule has 0 saturated carbocycles. The first kappa shape index (κ1) is 78.7. The highest BCUT2D eigenvalue weighted by atomic mass is 16.6. The summed E-state index contributed by atoms with van der Waals surface area (Å²) in [7, 11) is 6.18. The summed E-state index contributed by atoms with van der Waals surface area (Å²) in [4.78, 5) is 153. The number of primary amides is 1. The molecule has 0 radical (unpaired) electrons. The van der Waals surface area contributed by atoms with E-state index in [4.69, 9.17) is 19.9 Å². The first-order valence-electron chi connectivity index (χ1n) is 33.1. The van der Waals surface area contributed by atoms with Crippen molar-refractivity contribution in [1.29, 1.82) is 0 Å². The average molecular weight is 1320 g/mol. The summed E-state index contributed by atoms with van der Waals surface area (Å²) in [6.07, 6.45) is 2.91. The number of imide groups is 1. The van der Waals surface area contributed by atoms with Gasteiger partial charge in [-0.3, -0.25) is 48.1 Å². The molecular weight excluding hydrogens is 1210 g/mol. The summed E-state index contributed by atoms with van der Waals surface area (Å²) < 4.78 is 17.8. The number of ether oxygens (including phenoxy) is 3. The number of nitrogens with two attached hydrogens (primary N) is 1. The number of carbonyl (C=O) groups excluding carboxylic acids is 11. The summed E-state index contributed by atoms with van der Waals surface area (Å²) >= 11 is 0. The Morgan fingerprint density at radius 2 is 1.38 bits per heavy atom. The van der Waals surface area contributed by atoms with Crippen molar-refractivity contribution in [1.82, 2.24) is 40.9 Å². The number of rotatable bonds is 39. The lowest BCUT2D eigenvalue weighted by Gasteiger charge is -2.41. The second-order valence-electron chi connectivity index (χ2n) is 26.1. The number of urea groups is 1. The fraction of sp³-hybridized carbons (Fsp3) is 0.638. The van der Waals surface area contributed by atoms with Gasteiger partial charge in [-0.2, -0.15) is 0 Å². The minimum Gasteiger partial charge on any atom is -0.445 e. The number of methoxy groups -OCH3 is 2. The number of Topliss-reactive ketones (excluding diaryl/α,β-unsaturated/α-hetero) is 1. The minimum atomic E-state index is -1.11. The first-order valence-corrected chi connectivity index (χ1v) is 33.1. The van der Waals surface area contributed by atoms with Gasteiger partial charge in [0.05, 0.1) is 54.8 Å². The van der Waals surface area contributed by atoms with E-state index in [-0.39, 0.29) is 117 Å². The van der Waals surface area contributed by atoms with Gasteiger partial charge in [0, 0.05) is 84.5 Å². The summed E-state index contributed by atoms with van der Waals surface area (Å²) in [5.74, 6) is -6.22. The molecule has 25 heteroatoms. The Kier molecular flexibility index (Phi) is 32.3. The van der Waals surface area contributed by atoms with Crippen LogP contribution in [0.5, 0.6) is 0 Å². The Morgan fingerprint density at radius 1 is 0.734 bits per heavy atom. The number of nitrogens with zero attached hydrogens (tertiary/aromatic N) is 4. The second-order valence-corrected chi connectivity index (χ2v) is 26.1. The van der Waals surface area contributed by atoms with Gasteiger partial charge in [0.15, 0.2) is 5.78 Å². The van der Waals surface area contributed by atoms with Crippen LogP contribution in [0.2, 0.25) is 0 Å². The van der Waals surface area contributed by atoms with Gasteiger partial charge in [-0.05, 0) is 92.4 Å². The van der Waals surface area contributed by atoms with E-state index in [0.717, 1.165) is 4.90 Å². The van der Waals surface area contributed by atoms with Gasteiger partial charge in [-0.15, -0.1) is 0 Å². The van der Waals surface area contributed by atoms with Crippen molar-refractivity contribution in [2.24, 2.45) is 41.2 Å². The van der Waals surface area contributed by atoms with Crippen LogP contribution >= 0.6 is 0 Å². The normalized spacial score (nSPS) is 17.4. The van der Waals surface area contributed by atoms with Crippen LogP contribution in [-0.2, 0) is 64.0 Å². The molecule has 1 fully saturated rings. The van der Waals surface area contributed by atoms with Crippen LogP contribution in [-0.4, -0.2) is 186 Å². The maximum absolute atomic E-state index is 14.9. The molecule has 2 aromatic rings. The average Bonchev–Trinajstić information content (AvgIpc) is 1.33. The number of hydrogen-bond acceptors (Lipinski definition) is 15. The Hall–Kier alpha value is -7.77. The van der Waals surface area contributed by atoms with Crippen LogP contribution < -0.4 is 32.3 Å². The highest BCUT2D eigenvalue weighted by Crippen LogP contribution is 2.32. The van der Waals surface area contributed by atoms with Crippen LogP contribution in [0.4, 0.5) is 15.3 Å². The predicted molar refractivity (Wildman–Crippen MR) is 355 cm³/mol. The minimum absolute atomic E-state index is 0.0720. The predicted octanol–water partition coefficient (Wildman–Crippen LogP) is 6.17. The number of nitrogens with one attached hydrogen (secondary N) is 5. The van der Waals surface area contributed by atoms with E-state index in [1.807, 2.05) is 45.9 Å². The molecule has 11 amide bonds. The third-order valence-electron chi connectivity index (χ3n) is 18.1. The Balaban J connectivity index is 1.37. The molecule has 0 unspecified atom stereocenters. The summed E-state index contributed by atoms with van der Waals surface area (Å²) in [6, 6.07) is 10.0. The number of aliphatic hydroxyl groups excluding tert-OH is 1. The third-order valence-corrected chi connectivity index (χ3v) is 18.1. The topological polar surface area (TPSA) is 335 Å². The number of anilines is 1. The molecule has 1 saturated heterocycles. The number of aliphatic hydroxyl groups is 1. The van der Waals surface area contributed by atoms with E-state index < -0.39 is 90.3 Å². The van der Waals surface area contributed by atoms with Crippen LogP contribution in [0.25, 0.3) is 0 Å². The van der Waals surface area contributed by atoms with E-state index >= 15 is 0 Å². The number of unbranched alkanes of at least 4 members (excludes halogenated alkanes) is 2. The lowest BCUT2D eigenvalue weighted by atomic mass is 9.83. The van der Waals surface area contributed by atoms with Gasteiger partial charge in [-0.25, -0.2) is 9.59 Å². The van der Waals surface area contributed by atoms with Crippen LogP contribution in [0.3, 0.4) is 0 Å². The van der Waals surface area contributed by atoms with Crippen molar-refractivity contribution in [3.8, 4) is 0 Å². The standard InChI is InChI=1S/C69H106N10O15/c1-15-44(8)61(54(92-13)39-58(84)78-37-23-27-52(78)63(93-14)45(9)64(86)72-46(10)62(85)48-24-18-16-19-25-48)76(11)67(89)50(41(2)3)38-53(80)60(43(6)7)77(12)69(91)94-40-47-29-31-49(32-30-47)73-65(87)51(26-22-35-71-68(70)90)74-66(88)59(42(4)5)75-55(81)28-20-17-21-36-79-56(82)33-34-57(79)83/h16,18-19,24-25,29-34,41-46,50-52,54,59-63,85H,15,17,20-23,26-28,35-40H2,1-14H3,(H,72,86)(H,73,87)(H,74,88)(H,75,81)(H3,70,71,90)/t44-,45+,46+,50-,51-,52-,54+,59-,60-,61-,62+,63+/m0/s1. The zero-order valence-corrected chi connectivity index (χ0v) is 57.6. The lowest BCUT2D eigenvalue weighted by molar-refractivity contribution is -0.149. The molecule has 2 aliphatic rings. The zero-order valence-electron chi connectivity index (χ0n) is 57.6. The zero-order chi connectivity index (χ0) is 70.1. The highest BCUT2D eigenvalue weighted by molar-refractivity contribution is 6.12. The second kappa shape index (κ2) is 38.6. The van der Waals surface area contributed by atoms with Crippen LogP contribution in [0.15, 0.2) is 66.7 Å². The molecule has 25 nitrogen and oxygen atoms in total. The van der Waals surface area contributed by atoms with E-state index in [2.05, 4.69) is 26.6 Å². The molecule has 0 aliphatic carbocycles. The molecule has 522 valence electrons. The molecule has 12 atom stereocenters. The van der Waals surface area contributed by atoms with E-state index in [1.165, 1.54) is 38.3 Å². The Bertz CT molecular complexity index is 2870. The van der Waals surface area contributed by atoms with Crippen molar-refractivity contribution >= 4 is 70.9 Å². The van der Waals surface area contributed by atoms with Crippen molar-refractivity contribution in [2.75, 3.05) is 53.3 Å². The maximum Gasteiger partial charge on any atom is 0.410 e. The van der Waals surface area contributed by atoms with Gasteiger partial charge in [0.25, 0.3) is 11.8 Å². The fourth-order valence-corrected chi connectivity index (χ4v) is 12.4. The van der Waals surface area contributed by atoms with Crippen LogP contribution in [0.1, 0.15) is 157 Å². The number of hydrogen-bond donors (Lipinski definition) is 7. The third kappa shape index (κ3) is 23.0. The molecule has 0 spiro atoms. The fourth-order valence-electron chi connectivity index (χ4n) is 12.4. The van der Waals surface area contributed by atoms with Crippen LogP contribution in [0, 0.1) is 35.5 Å². The van der Waals surface area contributed by atoms with E-state index in [0.29, 0.717) is 61.9 Å². The van der Waals surface area contributed by atoms with Crippen molar-refractivity contribution in [3.05, 3.63) is 77.9 Å². The smallest absolute Gasteiger partial charge is 0.410 e. The van der Waals surface area contributed by atoms with Gasteiger partial charge < -0.3 is 66.3 Å². The summed E-state index contributed by atoms with van der Waals surface area (Å²) in [6.45, 7) is 18.9. The molecule has 2 aromatic carbocycles. The summed E-state index contributed by atoms with van der Waals surface area (Å²) in [5, 5.41) is 24.7. The van der Waals surface area contributed by atoms with E-state index in [1.54, 1.807) is 94.8 Å². The van der Waals surface area contributed by atoms with Gasteiger partial charge >= 0.3 is 12.1 Å². The number of benzene rings is 2. The Labute approximate surface area is 555 Å². The Morgan fingerprint density at radius 3 is 1.96 bits per heavy atom. The van der Waals surface area contributed by atoms with E-state index in [9.17, 15) is 57.8 Å². The quantitative estimate of drug-likeness (QED) is 0.0291. The molecule has 8 N–H and O–H groups in total.